The lowest BCUT2D eigenvalue weighted by molar-refractivity contribution is 0.295. The van der Waals surface area contributed by atoms with Crippen LogP contribution in [0.2, 0.25) is 0 Å². The zero-order valence-corrected chi connectivity index (χ0v) is 15.6. The quantitative estimate of drug-likeness (QED) is 0.549. The summed E-state index contributed by atoms with van der Waals surface area (Å²) >= 11 is 0. The van der Waals surface area contributed by atoms with Gasteiger partial charge in [0, 0.05) is 19.2 Å². The Bertz CT molecular complexity index is 895. The number of aromatic nitrogens is 1. The molecule has 0 radical (unpaired) electrons. The maximum Gasteiger partial charge on any atom is 0.223 e. The summed E-state index contributed by atoms with van der Waals surface area (Å²) in [6.45, 7) is 1.83. The van der Waals surface area contributed by atoms with Gasteiger partial charge in [0.2, 0.25) is 11.9 Å². The predicted octanol–water partition coefficient (Wildman–Crippen LogP) is 1.98. The van der Waals surface area contributed by atoms with Crippen LogP contribution in [0.3, 0.4) is 0 Å². The van der Waals surface area contributed by atoms with E-state index >= 15 is 0 Å². The van der Waals surface area contributed by atoms with Crippen molar-refractivity contribution in [2.24, 2.45) is 15.7 Å². The Balaban J connectivity index is 1.81. The summed E-state index contributed by atoms with van der Waals surface area (Å²) in [6.07, 6.45) is 3.80. The maximum atomic E-state index is 8.88. The molecule has 2 heterocycles. The molecule has 3 rings (SSSR count). The van der Waals surface area contributed by atoms with E-state index in [2.05, 4.69) is 30.7 Å². The molecule has 28 heavy (non-hydrogen) atoms. The smallest absolute Gasteiger partial charge is 0.223 e. The number of anilines is 1. The van der Waals surface area contributed by atoms with Crippen LogP contribution in [0.1, 0.15) is 18.5 Å². The van der Waals surface area contributed by atoms with Gasteiger partial charge >= 0.3 is 0 Å². The van der Waals surface area contributed by atoms with Crippen molar-refractivity contribution in [3.8, 4) is 11.8 Å². The van der Waals surface area contributed by atoms with Crippen molar-refractivity contribution in [1.82, 2.24) is 15.4 Å². The van der Waals surface area contributed by atoms with Crippen molar-refractivity contribution in [3.63, 3.8) is 0 Å². The van der Waals surface area contributed by atoms with Gasteiger partial charge in [0.1, 0.15) is 17.5 Å². The van der Waals surface area contributed by atoms with Gasteiger partial charge in [-0.25, -0.2) is 15.0 Å². The number of rotatable bonds is 4. The van der Waals surface area contributed by atoms with Crippen LogP contribution in [0.25, 0.3) is 0 Å². The fourth-order valence-corrected chi connectivity index (χ4v) is 2.68. The van der Waals surface area contributed by atoms with Crippen LogP contribution in [-0.2, 0) is 0 Å². The highest BCUT2D eigenvalue weighted by Crippen LogP contribution is 2.19. The first-order valence-corrected chi connectivity index (χ1v) is 8.88. The van der Waals surface area contributed by atoms with E-state index in [0.29, 0.717) is 28.8 Å². The number of methoxy groups -OCH3 is 1. The van der Waals surface area contributed by atoms with Crippen LogP contribution in [-0.4, -0.2) is 42.1 Å². The van der Waals surface area contributed by atoms with Crippen molar-refractivity contribution in [1.29, 1.82) is 5.26 Å². The minimum atomic E-state index is 0.0871. The van der Waals surface area contributed by atoms with Crippen LogP contribution in [0.15, 0.2) is 52.6 Å². The molecule has 1 aliphatic heterocycles. The zero-order chi connectivity index (χ0) is 19.8. The number of nitrogens with two attached hydrogens (primary N) is 1. The van der Waals surface area contributed by atoms with Crippen molar-refractivity contribution in [2.75, 3.05) is 25.5 Å². The topological polar surface area (TPSA) is 124 Å². The van der Waals surface area contributed by atoms with Crippen LogP contribution < -0.4 is 21.2 Å². The molecule has 1 aromatic heterocycles. The zero-order valence-electron chi connectivity index (χ0n) is 15.6. The minimum absolute atomic E-state index is 0.0871. The Morgan fingerprint density at radius 1 is 1.29 bits per heavy atom. The van der Waals surface area contributed by atoms with Gasteiger partial charge in [-0.05, 0) is 37.1 Å². The number of hydrazine groups is 1. The third-order valence-electron chi connectivity index (χ3n) is 4.03. The maximum absolute atomic E-state index is 8.88. The Morgan fingerprint density at radius 2 is 2.11 bits per heavy atom. The molecule has 0 amide bonds. The largest absolute Gasteiger partial charge is 0.497 e. The van der Waals surface area contributed by atoms with Crippen molar-refractivity contribution < 1.29 is 4.74 Å². The number of nitrogens with one attached hydrogen (secondary N) is 2. The lowest BCUT2D eigenvalue weighted by Gasteiger charge is -2.20. The van der Waals surface area contributed by atoms with Gasteiger partial charge < -0.3 is 15.8 Å². The van der Waals surface area contributed by atoms with Gasteiger partial charge in [-0.1, -0.05) is 6.07 Å². The summed E-state index contributed by atoms with van der Waals surface area (Å²) in [5.41, 5.74) is 10.9. The number of benzene rings is 1. The summed E-state index contributed by atoms with van der Waals surface area (Å²) in [4.78, 5) is 12.7. The lowest BCUT2D eigenvalue weighted by Crippen LogP contribution is -2.44. The van der Waals surface area contributed by atoms with Gasteiger partial charge in [0.25, 0.3) is 0 Å². The molecule has 1 aromatic carbocycles. The van der Waals surface area contributed by atoms with E-state index in [0.717, 1.165) is 25.9 Å². The molecule has 0 aliphatic carbocycles. The molecule has 1 aliphatic rings. The molecule has 0 bridgehead atoms. The van der Waals surface area contributed by atoms with Gasteiger partial charge in [0.05, 0.1) is 24.7 Å². The Kier molecular flexibility index (Phi) is 6.38. The number of hydrogen-bond acceptors (Lipinski definition) is 5. The third-order valence-corrected chi connectivity index (χ3v) is 4.03. The standard InChI is InChI=1S/C19H22N8O/c1-28-17-6-4-5-14(11-17)23-18(21)25-19(26-27-9-2-3-10-27)24-16-8-7-15(12-20)22-13-16/h4-8,11,13H,2-3,9-10H2,1H3,(H4,21,23,24,25,26). The van der Waals surface area contributed by atoms with E-state index in [1.165, 1.54) is 0 Å². The summed E-state index contributed by atoms with van der Waals surface area (Å²) in [5, 5.41) is 14.1. The molecule has 1 fully saturated rings. The second kappa shape index (κ2) is 9.34. The molecule has 0 atom stereocenters. The number of ether oxygens (including phenoxy) is 1. The molecule has 1 saturated heterocycles. The van der Waals surface area contributed by atoms with E-state index < -0.39 is 0 Å². The van der Waals surface area contributed by atoms with Crippen molar-refractivity contribution in [3.05, 3.63) is 48.3 Å². The average molecular weight is 378 g/mol. The number of guanidine groups is 2. The number of hydrogen-bond donors (Lipinski definition) is 3. The third kappa shape index (κ3) is 5.43. The monoisotopic (exact) mass is 378 g/mol. The normalized spacial score (nSPS) is 15.1. The molecule has 144 valence electrons. The number of aliphatic imine (C=N–C) groups is 2. The second-order valence-corrected chi connectivity index (χ2v) is 6.11. The first-order valence-electron chi connectivity index (χ1n) is 8.88. The van der Waals surface area contributed by atoms with Crippen LogP contribution in [0, 0.1) is 11.3 Å². The van der Waals surface area contributed by atoms with Gasteiger partial charge in [0.15, 0.2) is 0 Å². The van der Waals surface area contributed by atoms with E-state index in [-0.39, 0.29) is 5.96 Å². The fraction of sp³-hybridized carbons (Fsp3) is 0.263. The average Bonchev–Trinajstić information content (AvgIpc) is 3.21. The molecule has 4 N–H and O–H groups in total. The Morgan fingerprint density at radius 3 is 2.79 bits per heavy atom. The lowest BCUT2D eigenvalue weighted by atomic mass is 10.3. The summed E-state index contributed by atoms with van der Waals surface area (Å²) in [7, 11) is 1.60. The predicted molar refractivity (Wildman–Crippen MR) is 108 cm³/mol. The second-order valence-electron chi connectivity index (χ2n) is 6.11. The number of nitrogens with zero attached hydrogens (tertiary/aromatic N) is 5. The highest BCUT2D eigenvalue weighted by molar-refractivity contribution is 6.01. The van der Waals surface area contributed by atoms with Crippen molar-refractivity contribution >= 4 is 23.3 Å². The summed E-state index contributed by atoms with van der Waals surface area (Å²) in [6, 6.07) is 12.6. The highest BCUT2D eigenvalue weighted by atomic mass is 16.5. The molecule has 9 nitrogen and oxygen atoms in total. The van der Waals surface area contributed by atoms with Crippen molar-refractivity contribution in [2.45, 2.75) is 12.8 Å². The number of pyridine rings is 1. The molecule has 2 aromatic rings. The van der Waals surface area contributed by atoms with E-state index in [1.807, 2.05) is 24.3 Å². The molecule has 0 spiro atoms. The first kappa shape index (κ1) is 19.1. The molecule has 0 unspecified atom stereocenters. The molecule has 0 saturated carbocycles. The minimum Gasteiger partial charge on any atom is -0.497 e. The van der Waals surface area contributed by atoms with E-state index in [9.17, 15) is 0 Å². The van der Waals surface area contributed by atoms with E-state index in [4.69, 9.17) is 15.7 Å². The van der Waals surface area contributed by atoms with Crippen LogP contribution in [0.4, 0.5) is 11.4 Å². The van der Waals surface area contributed by atoms with Crippen LogP contribution in [0.5, 0.6) is 5.75 Å². The first-order chi connectivity index (χ1) is 13.7. The van der Waals surface area contributed by atoms with Gasteiger partial charge in [-0.15, -0.1) is 0 Å². The van der Waals surface area contributed by atoms with E-state index in [1.54, 1.807) is 31.5 Å². The van der Waals surface area contributed by atoms with Crippen LogP contribution >= 0.6 is 0 Å². The molecule has 9 heteroatoms. The summed E-state index contributed by atoms with van der Waals surface area (Å²) < 4.78 is 5.20. The molecular weight excluding hydrogens is 356 g/mol. The highest BCUT2D eigenvalue weighted by Gasteiger charge is 2.14. The SMILES string of the molecule is COc1cccc(N=C(N)N=C(Nc2ccc(C#N)nc2)NN2CCCC2)c1. The van der Waals surface area contributed by atoms with Gasteiger partial charge in [-0.2, -0.15) is 10.3 Å². The Labute approximate surface area is 163 Å². The molecular formula is C19H22N8O. The summed E-state index contributed by atoms with van der Waals surface area (Å²) in [5.74, 6) is 1.21. The van der Waals surface area contributed by atoms with Gasteiger partial charge in [-0.3, -0.25) is 5.43 Å². The number of nitriles is 1. The fourth-order valence-electron chi connectivity index (χ4n) is 2.68. The Hall–Kier alpha value is -3.64.